The van der Waals surface area contributed by atoms with Gasteiger partial charge in [-0.05, 0) is 26.2 Å². The molecule has 0 spiro atoms. The van der Waals surface area contributed by atoms with E-state index in [9.17, 15) is 22.8 Å². The minimum atomic E-state index is -1.59. The third kappa shape index (κ3) is 3.45. The lowest BCUT2D eigenvalue weighted by Gasteiger charge is -2.11. The maximum atomic E-state index is 13.4. The summed E-state index contributed by atoms with van der Waals surface area (Å²) in [6, 6.07) is 1.56. The normalized spacial score (nSPS) is 15.8. The third-order valence-corrected chi connectivity index (χ3v) is 4.87. The monoisotopic (exact) mass is 381 g/mol. The average Bonchev–Trinajstić information content (AvgIpc) is 3.02. The first-order valence-electron chi connectivity index (χ1n) is 7.69. The van der Waals surface area contributed by atoms with Crippen molar-refractivity contribution in [2.24, 2.45) is 4.99 Å². The van der Waals surface area contributed by atoms with Crippen molar-refractivity contribution >= 4 is 28.6 Å². The SMILES string of the molecule is CN(C)CCN=C1CC(=O)c2nc(-c3cc(F)c(F)c(F)c3)sc2C1=O. The molecular weight excluding hydrogens is 367 g/mol. The molecule has 0 bridgehead atoms. The number of carbonyl (C=O) groups is 2. The highest BCUT2D eigenvalue weighted by atomic mass is 32.1. The summed E-state index contributed by atoms with van der Waals surface area (Å²) in [5.74, 6) is -5.11. The Morgan fingerprint density at radius 2 is 1.85 bits per heavy atom. The Hall–Kier alpha value is -2.39. The molecule has 0 saturated carbocycles. The van der Waals surface area contributed by atoms with Gasteiger partial charge in [-0.3, -0.25) is 14.6 Å². The summed E-state index contributed by atoms with van der Waals surface area (Å²) in [5, 5.41) is 0.0732. The highest BCUT2D eigenvalue weighted by Gasteiger charge is 2.33. The number of hydrogen-bond acceptors (Lipinski definition) is 6. The smallest absolute Gasteiger partial charge is 0.219 e. The van der Waals surface area contributed by atoms with Crippen molar-refractivity contribution in [3.05, 3.63) is 40.2 Å². The molecule has 1 heterocycles. The van der Waals surface area contributed by atoms with Crippen LogP contribution in [0.2, 0.25) is 0 Å². The number of carbonyl (C=O) groups excluding carboxylic acids is 2. The number of benzene rings is 1. The van der Waals surface area contributed by atoms with E-state index in [-0.39, 0.29) is 39.1 Å². The maximum absolute atomic E-state index is 13.4. The number of hydrogen-bond donors (Lipinski definition) is 0. The predicted molar refractivity (Wildman–Crippen MR) is 91.6 cm³/mol. The van der Waals surface area contributed by atoms with Crippen LogP contribution < -0.4 is 0 Å². The van der Waals surface area contributed by atoms with Crippen LogP contribution in [0.1, 0.15) is 26.6 Å². The van der Waals surface area contributed by atoms with Crippen LogP contribution in [0, 0.1) is 17.5 Å². The van der Waals surface area contributed by atoms with Crippen LogP contribution in [0.5, 0.6) is 0 Å². The van der Waals surface area contributed by atoms with E-state index in [1.807, 2.05) is 19.0 Å². The van der Waals surface area contributed by atoms with Crippen LogP contribution in [-0.2, 0) is 0 Å². The Morgan fingerprint density at radius 3 is 2.46 bits per heavy atom. The molecule has 1 aliphatic carbocycles. The summed E-state index contributed by atoms with van der Waals surface area (Å²) in [7, 11) is 3.73. The van der Waals surface area contributed by atoms with E-state index in [1.54, 1.807) is 0 Å². The summed E-state index contributed by atoms with van der Waals surface area (Å²) in [6.45, 7) is 0.997. The van der Waals surface area contributed by atoms with Crippen LogP contribution in [0.4, 0.5) is 13.2 Å². The van der Waals surface area contributed by atoms with Crippen molar-refractivity contribution in [1.29, 1.82) is 0 Å². The minimum Gasteiger partial charge on any atom is -0.308 e. The lowest BCUT2D eigenvalue weighted by atomic mass is 9.98. The number of rotatable bonds is 4. The molecule has 1 aliphatic rings. The zero-order valence-electron chi connectivity index (χ0n) is 14.0. The van der Waals surface area contributed by atoms with E-state index < -0.39 is 23.2 Å². The van der Waals surface area contributed by atoms with Crippen molar-refractivity contribution < 1.29 is 22.8 Å². The number of thiazole rings is 1. The lowest BCUT2D eigenvalue weighted by Crippen LogP contribution is -2.27. The van der Waals surface area contributed by atoms with Crippen molar-refractivity contribution in [2.75, 3.05) is 27.2 Å². The van der Waals surface area contributed by atoms with Crippen LogP contribution >= 0.6 is 11.3 Å². The Balaban J connectivity index is 1.96. The number of fused-ring (bicyclic) bond motifs is 1. The fourth-order valence-corrected chi connectivity index (χ4v) is 3.46. The second kappa shape index (κ2) is 7.08. The standard InChI is InChI=1S/C17H14F3N3O2S/c1-23(2)4-3-21-11-7-12(24)14-16(15(11)25)26-17(22-14)8-5-9(18)13(20)10(19)6-8/h5-6H,3-4,7H2,1-2H3. The number of aliphatic imine (C=N–C) groups is 1. The predicted octanol–water partition coefficient (Wildman–Crippen LogP) is 3.00. The largest absolute Gasteiger partial charge is 0.308 e. The van der Waals surface area contributed by atoms with Gasteiger partial charge in [-0.15, -0.1) is 11.3 Å². The van der Waals surface area contributed by atoms with E-state index in [2.05, 4.69) is 9.98 Å². The van der Waals surface area contributed by atoms with Gasteiger partial charge in [-0.25, -0.2) is 18.2 Å². The summed E-state index contributed by atoms with van der Waals surface area (Å²) in [6.07, 6.45) is -0.158. The molecule has 0 atom stereocenters. The van der Waals surface area contributed by atoms with Crippen molar-refractivity contribution in [1.82, 2.24) is 9.88 Å². The van der Waals surface area contributed by atoms with Crippen LogP contribution in [0.15, 0.2) is 17.1 Å². The quantitative estimate of drug-likeness (QED) is 0.764. The molecule has 1 aromatic heterocycles. The summed E-state index contributed by atoms with van der Waals surface area (Å²) in [4.78, 5) is 35.0. The molecular formula is C17H14F3N3O2S. The maximum Gasteiger partial charge on any atom is 0.219 e. The van der Waals surface area contributed by atoms with Crippen LogP contribution in [0.25, 0.3) is 10.6 Å². The molecule has 0 unspecified atom stereocenters. The molecule has 0 radical (unpaired) electrons. The zero-order chi connectivity index (χ0) is 19.0. The number of Topliss-reactive ketones (excluding diaryl/α,β-unsaturated/α-hetero) is 2. The lowest BCUT2D eigenvalue weighted by molar-refractivity contribution is 0.0963. The van der Waals surface area contributed by atoms with E-state index in [4.69, 9.17) is 0 Å². The summed E-state index contributed by atoms with van der Waals surface area (Å²) >= 11 is 0.839. The highest BCUT2D eigenvalue weighted by Crippen LogP contribution is 2.33. The molecule has 3 rings (SSSR count). The second-order valence-electron chi connectivity index (χ2n) is 6.01. The van der Waals surface area contributed by atoms with Gasteiger partial charge in [0.15, 0.2) is 23.2 Å². The molecule has 9 heteroatoms. The topological polar surface area (TPSA) is 62.6 Å². The van der Waals surface area contributed by atoms with E-state index in [0.717, 1.165) is 23.5 Å². The van der Waals surface area contributed by atoms with Gasteiger partial charge in [-0.1, -0.05) is 0 Å². The molecule has 136 valence electrons. The molecule has 0 amide bonds. The molecule has 0 N–H and O–H groups in total. The first kappa shape index (κ1) is 18.4. The number of halogens is 3. The molecule has 26 heavy (non-hydrogen) atoms. The molecule has 2 aromatic rings. The van der Waals surface area contributed by atoms with Gasteiger partial charge in [0.05, 0.1) is 18.7 Å². The molecule has 0 aliphatic heterocycles. The molecule has 0 saturated heterocycles. The zero-order valence-corrected chi connectivity index (χ0v) is 14.8. The van der Waals surface area contributed by atoms with Crippen molar-refractivity contribution in [2.45, 2.75) is 6.42 Å². The van der Waals surface area contributed by atoms with Gasteiger partial charge >= 0.3 is 0 Å². The number of likely N-dealkylation sites (N-methyl/N-ethyl adjacent to an activating group) is 1. The van der Waals surface area contributed by atoms with Crippen LogP contribution in [-0.4, -0.2) is 54.3 Å². The fraction of sp³-hybridized carbons (Fsp3) is 0.294. The Labute approximate surface area is 151 Å². The fourth-order valence-electron chi connectivity index (χ4n) is 2.43. The third-order valence-electron chi connectivity index (χ3n) is 3.77. The average molecular weight is 381 g/mol. The van der Waals surface area contributed by atoms with Gasteiger partial charge in [0.25, 0.3) is 0 Å². The van der Waals surface area contributed by atoms with Gasteiger partial charge in [0.2, 0.25) is 5.78 Å². The van der Waals surface area contributed by atoms with Crippen LogP contribution in [0.3, 0.4) is 0 Å². The van der Waals surface area contributed by atoms with Gasteiger partial charge in [0.1, 0.15) is 15.6 Å². The first-order valence-corrected chi connectivity index (χ1v) is 8.51. The van der Waals surface area contributed by atoms with Gasteiger partial charge < -0.3 is 4.90 Å². The minimum absolute atomic E-state index is 0.0347. The molecule has 0 fully saturated rings. The molecule has 5 nitrogen and oxygen atoms in total. The number of ketones is 2. The molecule has 1 aromatic carbocycles. The Bertz CT molecular complexity index is 914. The van der Waals surface area contributed by atoms with E-state index in [0.29, 0.717) is 13.1 Å². The second-order valence-corrected chi connectivity index (χ2v) is 7.01. The Morgan fingerprint density at radius 1 is 1.19 bits per heavy atom. The first-order chi connectivity index (χ1) is 12.3. The Kier molecular flexibility index (Phi) is 5.01. The van der Waals surface area contributed by atoms with Crippen molar-refractivity contribution in [3.63, 3.8) is 0 Å². The number of nitrogens with zero attached hydrogens (tertiary/aromatic N) is 3. The van der Waals surface area contributed by atoms with E-state index in [1.165, 1.54) is 0 Å². The highest BCUT2D eigenvalue weighted by molar-refractivity contribution is 7.18. The number of aromatic nitrogens is 1. The van der Waals surface area contributed by atoms with Gasteiger partial charge in [-0.2, -0.15) is 0 Å². The van der Waals surface area contributed by atoms with E-state index >= 15 is 0 Å². The van der Waals surface area contributed by atoms with Gasteiger partial charge in [0, 0.05) is 12.1 Å². The summed E-state index contributed by atoms with van der Waals surface area (Å²) in [5.41, 5.74) is 0.0789. The summed E-state index contributed by atoms with van der Waals surface area (Å²) < 4.78 is 40.0. The van der Waals surface area contributed by atoms with Crippen molar-refractivity contribution in [3.8, 4) is 10.6 Å².